The fourth-order valence-corrected chi connectivity index (χ4v) is 3.27. The number of nitrogen functional groups attached to an aromatic ring is 1. The van der Waals surface area contributed by atoms with Crippen LogP contribution < -0.4 is 10.5 Å². The molecule has 2 aliphatic carbocycles. The fraction of sp³-hybridized carbons (Fsp3) is 0.400. The van der Waals surface area contributed by atoms with Gasteiger partial charge in [0.2, 0.25) is 0 Å². The molecular weight excluding hydrogens is 256 g/mol. The summed E-state index contributed by atoms with van der Waals surface area (Å²) < 4.78 is 5.77. The van der Waals surface area contributed by atoms with Crippen molar-refractivity contribution < 1.29 is 4.74 Å². The van der Waals surface area contributed by atoms with Gasteiger partial charge in [-0.3, -0.25) is 0 Å². The molecule has 3 nitrogen and oxygen atoms in total. The lowest BCUT2D eigenvalue weighted by atomic mass is 10.1. The highest BCUT2D eigenvalue weighted by Gasteiger charge is 2.29. The Kier molecular flexibility index (Phi) is 2.52. The Hall–Kier alpha value is -1.55. The quantitative estimate of drug-likeness (QED) is 0.920. The number of hydrogen-bond donors (Lipinski definition) is 1. The zero-order valence-electron chi connectivity index (χ0n) is 10.6. The molecular formula is C15H16N2OS. The molecule has 0 amide bonds. The van der Waals surface area contributed by atoms with Gasteiger partial charge in [0.15, 0.2) is 5.13 Å². The highest BCUT2D eigenvalue weighted by molar-refractivity contribution is 7.16. The summed E-state index contributed by atoms with van der Waals surface area (Å²) in [4.78, 5) is 5.86. The van der Waals surface area contributed by atoms with Crippen molar-refractivity contribution in [2.45, 2.75) is 37.7 Å². The third-order valence-electron chi connectivity index (χ3n) is 3.57. The summed E-state index contributed by atoms with van der Waals surface area (Å²) in [5, 5.41) is 0.676. The Morgan fingerprint density at radius 1 is 1.11 bits per heavy atom. The second-order valence-electron chi connectivity index (χ2n) is 5.38. The van der Waals surface area contributed by atoms with Gasteiger partial charge in [-0.1, -0.05) is 0 Å². The molecule has 0 saturated heterocycles. The molecule has 4 heteroatoms. The summed E-state index contributed by atoms with van der Waals surface area (Å²) >= 11 is 1.64. The lowest BCUT2D eigenvalue weighted by molar-refractivity contribution is 0.303. The van der Waals surface area contributed by atoms with Gasteiger partial charge in [-0.15, -0.1) is 11.3 Å². The van der Waals surface area contributed by atoms with E-state index in [0.29, 0.717) is 17.2 Å². The van der Waals surface area contributed by atoms with Crippen molar-refractivity contribution >= 4 is 16.5 Å². The molecule has 2 saturated carbocycles. The summed E-state index contributed by atoms with van der Waals surface area (Å²) in [6, 6.07) is 8.27. The van der Waals surface area contributed by atoms with E-state index in [4.69, 9.17) is 10.5 Å². The molecule has 0 spiro atoms. The highest BCUT2D eigenvalue weighted by atomic mass is 32.1. The molecule has 1 heterocycles. The van der Waals surface area contributed by atoms with Crippen molar-refractivity contribution in [1.29, 1.82) is 0 Å². The number of aromatic nitrogens is 1. The number of ether oxygens (including phenoxy) is 1. The maximum atomic E-state index is 5.87. The SMILES string of the molecule is Nc1nc(-c2ccc(OC3CC3)cc2)c(C2CC2)s1. The van der Waals surface area contributed by atoms with Crippen molar-refractivity contribution in [3.05, 3.63) is 29.1 Å². The first-order valence-corrected chi connectivity index (χ1v) is 7.64. The Labute approximate surface area is 116 Å². The van der Waals surface area contributed by atoms with Crippen molar-refractivity contribution in [1.82, 2.24) is 4.98 Å². The van der Waals surface area contributed by atoms with Crippen LogP contribution in [0.2, 0.25) is 0 Å². The summed E-state index contributed by atoms with van der Waals surface area (Å²) in [6.45, 7) is 0. The second-order valence-corrected chi connectivity index (χ2v) is 6.44. The van der Waals surface area contributed by atoms with Crippen LogP contribution in [0.3, 0.4) is 0 Å². The monoisotopic (exact) mass is 272 g/mol. The predicted molar refractivity (Wildman–Crippen MR) is 77.6 cm³/mol. The summed E-state index contributed by atoms with van der Waals surface area (Å²) in [5.74, 6) is 1.65. The van der Waals surface area contributed by atoms with E-state index in [2.05, 4.69) is 17.1 Å². The first kappa shape index (κ1) is 11.3. The van der Waals surface area contributed by atoms with E-state index in [0.717, 1.165) is 17.0 Å². The summed E-state index contributed by atoms with van der Waals surface area (Å²) in [6.07, 6.45) is 5.38. The molecule has 0 unspecified atom stereocenters. The summed E-state index contributed by atoms with van der Waals surface area (Å²) in [5.41, 5.74) is 8.09. The maximum absolute atomic E-state index is 5.87. The molecule has 1 aromatic heterocycles. The average molecular weight is 272 g/mol. The Bertz CT molecular complexity index is 597. The number of benzene rings is 1. The van der Waals surface area contributed by atoms with Gasteiger partial charge in [0.25, 0.3) is 0 Å². The Balaban J connectivity index is 1.63. The Morgan fingerprint density at radius 3 is 2.47 bits per heavy atom. The number of nitrogens with zero attached hydrogens (tertiary/aromatic N) is 1. The number of thiazole rings is 1. The van der Waals surface area contributed by atoms with E-state index in [1.807, 2.05) is 12.1 Å². The normalized spacial score (nSPS) is 18.5. The fourth-order valence-electron chi connectivity index (χ4n) is 2.25. The van der Waals surface area contributed by atoms with Gasteiger partial charge in [-0.25, -0.2) is 4.98 Å². The topological polar surface area (TPSA) is 48.1 Å². The van der Waals surface area contributed by atoms with E-state index in [1.54, 1.807) is 11.3 Å². The molecule has 2 aliphatic rings. The zero-order chi connectivity index (χ0) is 12.8. The van der Waals surface area contributed by atoms with Crippen LogP contribution in [0, 0.1) is 0 Å². The first-order chi connectivity index (χ1) is 9.29. The largest absolute Gasteiger partial charge is 0.490 e. The number of anilines is 1. The van der Waals surface area contributed by atoms with E-state index in [9.17, 15) is 0 Å². The third-order valence-corrected chi connectivity index (χ3v) is 4.62. The van der Waals surface area contributed by atoms with Crippen molar-refractivity contribution in [2.24, 2.45) is 0 Å². The standard InChI is InChI=1S/C15H16N2OS/c16-15-17-13(14(19-15)10-1-2-10)9-3-5-11(6-4-9)18-12-7-8-12/h3-6,10,12H,1-2,7-8H2,(H2,16,17). The van der Waals surface area contributed by atoms with Crippen LogP contribution in [0.15, 0.2) is 24.3 Å². The van der Waals surface area contributed by atoms with Crippen LogP contribution in [-0.2, 0) is 0 Å². The molecule has 0 bridgehead atoms. The second kappa shape index (κ2) is 4.23. The van der Waals surface area contributed by atoms with Crippen molar-refractivity contribution in [3.63, 3.8) is 0 Å². The van der Waals surface area contributed by atoms with Crippen LogP contribution in [0.1, 0.15) is 36.5 Å². The van der Waals surface area contributed by atoms with E-state index in [1.165, 1.54) is 30.6 Å². The third kappa shape index (κ3) is 2.32. The van der Waals surface area contributed by atoms with Gasteiger partial charge < -0.3 is 10.5 Å². The lowest BCUT2D eigenvalue weighted by Gasteiger charge is -2.05. The molecule has 98 valence electrons. The van der Waals surface area contributed by atoms with Gasteiger partial charge in [0.05, 0.1) is 11.8 Å². The molecule has 1 aromatic carbocycles. The van der Waals surface area contributed by atoms with Crippen molar-refractivity contribution in [3.8, 4) is 17.0 Å². The summed E-state index contributed by atoms with van der Waals surface area (Å²) in [7, 11) is 0. The van der Waals surface area contributed by atoms with Crippen LogP contribution in [-0.4, -0.2) is 11.1 Å². The minimum atomic E-state index is 0.447. The van der Waals surface area contributed by atoms with Gasteiger partial charge in [0.1, 0.15) is 5.75 Å². The van der Waals surface area contributed by atoms with Crippen LogP contribution in [0.4, 0.5) is 5.13 Å². The minimum absolute atomic E-state index is 0.447. The maximum Gasteiger partial charge on any atom is 0.180 e. The number of hydrogen-bond acceptors (Lipinski definition) is 4. The van der Waals surface area contributed by atoms with Crippen LogP contribution in [0.5, 0.6) is 5.75 Å². The molecule has 4 rings (SSSR count). The van der Waals surface area contributed by atoms with Gasteiger partial charge >= 0.3 is 0 Å². The van der Waals surface area contributed by atoms with E-state index < -0.39 is 0 Å². The first-order valence-electron chi connectivity index (χ1n) is 6.83. The predicted octanol–water partition coefficient (Wildman–Crippen LogP) is 3.81. The minimum Gasteiger partial charge on any atom is -0.490 e. The van der Waals surface area contributed by atoms with Crippen molar-refractivity contribution in [2.75, 3.05) is 5.73 Å². The zero-order valence-corrected chi connectivity index (χ0v) is 11.5. The molecule has 2 aromatic rings. The molecule has 0 atom stereocenters. The molecule has 2 fully saturated rings. The molecule has 0 radical (unpaired) electrons. The highest BCUT2D eigenvalue weighted by Crippen LogP contribution is 2.47. The van der Waals surface area contributed by atoms with E-state index >= 15 is 0 Å². The van der Waals surface area contributed by atoms with E-state index in [-0.39, 0.29) is 0 Å². The van der Waals surface area contributed by atoms with Gasteiger partial charge in [-0.05, 0) is 55.9 Å². The number of nitrogens with two attached hydrogens (primary N) is 1. The van der Waals surface area contributed by atoms with Crippen LogP contribution >= 0.6 is 11.3 Å². The molecule has 0 aliphatic heterocycles. The lowest BCUT2D eigenvalue weighted by Crippen LogP contribution is -1.95. The number of rotatable bonds is 4. The molecule has 19 heavy (non-hydrogen) atoms. The van der Waals surface area contributed by atoms with Gasteiger partial charge in [-0.2, -0.15) is 0 Å². The van der Waals surface area contributed by atoms with Crippen LogP contribution in [0.25, 0.3) is 11.3 Å². The average Bonchev–Trinajstić information content (AvgIpc) is 3.31. The smallest absolute Gasteiger partial charge is 0.180 e. The van der Waals surface area contributed by atoms with Gasteiger partial charge in [0, 0.05) is 10.4 Å². The Morgan fingerprint density at radius 2 is 1.84 bits per heavy atom. The molecule has 2 N–H and O–H groups in total.